The van der Waals surface area contributed by atoms with Crippen LogP contribution in [0.2, 0.25) is 0 Å². The van der Waals surface area contributed by atoms with Gasteiger partial charge in [-0.05, 0) is 19.3 Å². The Balaban J connectivity index is 2.20. The van der Waals surface area contributed by atoms with E-state index < -0.39 is 0 Å². The third-order valence-corrected chi connectivity index (χ3v) is 2.70. The Labute approximate surface area is 60.4 Å². The molecule has 0 saturated carbocycles. The number of nitrogens with two attached hydrogens (primary N) is 1. The zero-order valence-electron chi connectivity index (χ0n) is 5.83. The molecule has 2 saturated heterocycles. The van der Waals surface area contributed by atoms with E-state index in [9.17, 15) is 0 Å². The lowest BCUT2D eigenvalue weighted by molar-refractivity contribution is 0.364. The van der Waals surface area contributed by atoms with Crippen molar-refractivity contribution in [1.82, 2.24) is 4.90 Å². The lowest BCUT2D eigenvalue weighted by Crippen LogP contribution is -2.34. The Hall–Kier alpha value is -0.750. The van der Waals surface area contributed by atoms with E-state index in [0.29, 0.717) is 12.1 Å². The van der Waals surface area contributed by atoms with E-state index >= 15 is 0 Å². The molecule has 2 aliphatic heterocycles. The minimum Gasteiger partial charge on any atom is -0.326 e. The average Bonchev–Trinajstić information content (AvgIpc) is 2.42. The first kappa shape index (κ1) is 5.99. The van der Waals surface area contributed by atoms with E-state index in [2.05, 4.69) is 6.19 Å². The van der Waals surface area contributed by atoms with Crippen molar-refractivity contribution >= 4 is 0 Å². The monoisotopic (exact) mass is 137 g/mol. The van der Waals surface area contributed by atoms with E-state index in [0.717, 1.165) is 12.8 Å². The molecule has 2 fully saturated rings. The number of hydrogen-bond donors (Lipinski definition) is 1. The molecule has 0 radical (unpaired) electrons. The normalized spacial score (nSPS) is 44.0. The molecular weight excluding hydrogens is 126 g/mol. The van der Waals surface area contributed by atoms with Gasteiger partial charge in [0.2, 0.25) is 0 Å². The first-order valence-electron chi connectivity index (χ1n) is 3.76. The lowest BCUT2D eigenvalue weighted by Gasteiger charge is -2.15. The largest absolute Gasteiger partial charge is 0.326 e. The molecule has 0 amide bonds. The van der Waals surface area contributed by atoms with Gasteiger partial charge in [0.05, 0.1) is 6.04 Å². The van der Waals surface area contributed by atoms with Crippen LogP contribution in [0.1, 0.15) is 19.3 Å². The van der Waals surface area contributed by atoms with Gasteiger partial charge < -0.3 is 10.6 Å². The summed E-state index contributed by atoms with van der Waals surface area (Å²) >= 11 is 0. The van der Waals surface area contributed by atoms with Crippen molar-refractivity contribution < 1.29 is 0 Å². The van der Waals surface area contributed by atoms with Crippen molar-refractivity contribution in [3.63, 3.8) is 0 Å². The summed E-state index contributed by atoms with van der Waals surface area (Å²) in [6.45, 7) is 0. The van der Waals surface area contributed by atoms with Crippen LogP contribution in [-0.2, 0) is 0 Å². The molecule has 3 nitrogen and oxygen atoms in total. The SMILES string of the molecule is N#CN1[C@@H]2CC[C@H]1[C@@H](N)C2. The van der Waals surface area contributed by atoms with Gasteiger partial charge in [-0.3, -0.25) is 0 Å². The molecule has 2 N–H and O–H groups in total. The summed E-state index contributed by atoms with van der Waals surface area (Å²) in [5.41, 5.74) is 5.79. The van der Waals surface area contributed by atoms with Crippen LogP contribution in [0.3, 0.4) is 0 Å². The molecule has 0 unspecified atom stereocenters. The van der Waals surface area contributed by atoms with Crippen LogP contribution in [0.5, 0.6) is 0 Å². The molecule has 2 heterocycles. The molecular formula is C7H11N3. The number of hydrogen-bond acceptors (Lipinski definition) is 3. The van der Waals surface area contributed by atoms with Gasteiger partial charge in [-0.15, -0.1) is 0 Å². The smallest absolute Gasteiger partial charge is 0.179 e. The van der Waals surface area contributed by atoms with Crippen molar-refractivity contribution in [3.05, 3.63) is 0 Å². The zero-order valence-corrected chi connectivity index (χ0v) is 5.83. The van der Waals surface area contributed by atoms with Gasteiger partial charge in [-0.2, -0.15) is 5.26 Å². The van der Waals surface area contributed by atoms with E-state index in [4.69, 9.17) is 11.0 Å². The van der Waals surface area contributed by atoms with Crippen molar-refractivity contribution in [1.29, 1.82) is 5.26 Å². The topological polar surface area (TPSA) is 53.0 Å². The first-order chi connectivity index (χ1) is 4.83. The summed E-state index contributed by atoms with van der Waals surface area (Å²) in [6, 6.07) is 1.11. The number of rotatable bonds is 0. The standard InChI is InChI=1S/C7H11N3/c8-4-10-5-1-2-7(10)6(9)3-5/h5-7H,1-3,9H2/t5-,6+,7+/m1/s1. The Morgan fingerprint density at radius 2 is 2.30 bits per heavy atom. The molecule has 54 valence electrons. The van der Waals surface area contributed by atoms with E-state index in [-0.39, 0.29) is 6.04 Å². The molecule has 0 aliphatic carbocycles. The Kier molecular flexibility index (Phi) is 1.12. The van der Waals surface area contributed by atoms with Crippen LogP contribution in [0.4, 0.5) is 0 Å². The fraction of sp³-hybridized carbons (Fsp3) is 0.857. The van der Waals surface area contributed by atoms with Crippen LogP contribution < -0.4 is 5.73 Å². The van der Waals surface area contributed by atoms with Gasteiger partial charge in [0.25, 0.3) is 0 Å². The zero-order chi connectivity index (χ0) is 7.14. The van der Waals surface area contributed by atoms with Crippen molar-refractivity contribution in [2.75, 3.05) is 0 Å². The summed E-state index contributed by atoms with van der Waals surface area (Å²) in [7, 11) is 0. The lowest BCUT2D eigenvalue weighted by atomic mass is 9.97. The predicted molar refractivity (Wildman–Crippen MR) is 36.9 cm³/mol. The molecule has 2 bridgehead atoms. The van der Waals surface area contributed by atoms with Gasteiger partial charge >= 0.3 is 0 Å². The van der Waals surface area contributed by atoms with E-state index in [1.165, 1.54) is 6.42 Å². The van der Waals surface area contributed by atoms with Gasteiger partial charge in [-0.1, -0.05) is 0 Å². The van der Waals surface area contributed by atoms with Crippen molar-refractivity contribution in [2.24, 2.45) is 5.73 Å². The highest BCUT2D eigenvalue weighted by molar-refractivity contribution is 5.06. The van der Waals surface area contributed by atoms with Crippen LogP contribution in [0.25, 0.3) is 0 Å². The Morgan fingerprint density at radius 3 is 2.60 bits per heavy atom. The second-order valence-electron chi connectivity index (χ2n) is 3.21. The molecule has 3 heteroatoms. The molecule has 3 atom stereocenters. The Bertz CT molecular complexity index is 184. The highest BCUT2D eigenvalue weighted by atomic mass is 15.2. The Morgan fingerprint density at radius 1 is 1.50 bits per heavy atom. The van der Waals surface area contributed by atoms with Crippen LogP contribution in [-0.4, -0.2) is 23.0 Å². The third kappa shape index (κ3) is 0.572. The predicted octanol–water partition coefficient (Wildman–Crippen LogP) is 0.0315. The van der Waals surface area contributed by atoms with Gasteiger partial charge in [0.15, 0.2) is 6.19 Å². The van der Waals surface area contributed by atoms with Crippen molar-refractivity contribution in [2.45, 2.75) is 37.4 Å². The van der Waals surface area contributed by atoms with Crippen LogP contribution in [0, 0.1) is 11.5 Å². The highest BCUT2D eigenvalue weighted by Crippen LogP contribution is 2.35. The molecule has 10 heavy (non-hydrogen) atoms. The van der Waals surface area contributed by atoms with Crippen LogP contribution >= 0.6 is 0 Å². The summed E-state index contributed by atoms with van der Waals surface area (Å²) in [5, 5.41) is 8.68. The molecule has 0 spiro atoms. The summed E-state index contributed by atoms with van der Waals surface area (Å²) in [4.78, 5) is 1.88. The quantitative estimate of drug-likeness (QED) is 0.479. The number of nitriles is 1. The molecule has 0 aromatic heterocycles. The van der Waals surface area contributed by atoms with Crippen LogP contribution in [0.15, 0.2) is 0 Å². The second kappa shape index (κ2) is 1.86. The minimum absolute atomic E-state index is 0.262. The van der Waals surface area contributed by atoms with E-state index in [1.807, 2.05) is 4.90 Å². The molecule has 0 aromatic rings. The fourth-order valence-electron chi connectivity index (χ4n) is 2.19. The maximum atomic E-state index is 8.68. The number of nitrogens with zero attached hydrogens (tertiary/aromatic N) is 2. The molecule has 2 aliphatic rings. The summed E-state index contributed by atoms with van der Waals surface area (Å²) < 4.78 is 0. The summed E-state index contributed by atoms with van der Waals surface area (Å²) in [6.07, 6.45) is 5.53. The maximum absolute atomic E-state index is 8.68. The second-order valence-corrected chi connectivity index (χ2v) is 3.21. The maximum Gasteiger partial charge on any atom is 0.179 e. The van der Waals surface area contributed by atoms with Gasteiger partial charge in [-0.25, -0.2) is 0 Å². The highest BCUT2D eigenvalue weighted by Gasteiger charge is 2.44. The van der Waals surface area contributed by atoms with Gasteiger partial charge in [0.1, 0.15) is 0 Å². The minimum atomic E-state index is 0.262. The number of fused-ring (bicyclic) bond motifs is 2. The van der Waals surface area contributed by atoms with Crippen molar-refractivity contribution in [3.8, 4) is 6.19 Å². The molecule has 2 rings (SSSR count). The molecule has 0 aromatic carbocycles. The van der Waals surface area contributed by atoms with E-state index in [1.54, 1.807) is 0 Å². The third-order valence-electron chi connectivity index (χ3n) is 2.70. The van der Waals surface area contributed by atoms with Gasteiger partial charge in [0, 0.05) is 12.1 Å². The summed E-state index contributed by atoms with van der Waals surface area (Å²) in [5.74, 6) is 0. The fourth-order valence-corrected chi connectivity index (χ4v) is 2.19. The average molecular weight is 137 g/mol. The first-order valence-corrected chi connectivity index (χ1v) is 3.76.